The Hall–Kier alpha value is -1.62. The molecule has 0 radical (unpaired) electrons. The standard InChI is InChI=1S/C10H13N3O2/c1-7-10(8(2)15-12-7)6-11-5-9-3-4-14-13-9/h3-4,11H,5-6H2,1-2H3. The molecule has 0 amide bonds. The van der Waals surface area contributed by atoms with Crippen LogP contribution in [0.4, 0.5) is 0 Å². The monoisotopic (exact) mass is 207 g/mol. The second-order valence-corrected chi connectivity index (χ2v) is 3.40. The van der Waals surface area contributed by atoms with Crippen LogP contribution in [0.2, 0.25) is 0 Å². The van der Waals surface area contributed by atoms with Crippen molar-refractivity contribution in [3.05, 3.63) is 35.0 Å². The van der Waals surface area contributed by atoms with E-state index in [1.165, 1.54) is 0 Å². The lowest BCUT2D eigenvalue weighted by Gasteiger charge is -2.00. The maximum atomic E-state index is 5.06. The van der Waals surface area contributed by atoms with E-state index in [4.69, 9.17) is 9.05 Å². The van der Waals surface area contributed by atoms with Gasteiger partial charge >= 0.3 is 0 Å². The molecule has 0 aliphatic heterocycles. The zero-order chi connectivity index (χ0) is 10.7. The summed E-state index contributed by atoms with van der Waals surface area (Å²) in [5, 5.41) is 10.9. The predicted molar refractivity (Wildman–Crippen MR) is 53.0 cm³/mol. The van der Waals surface area contributed by atoms with Gasteiger partial charge in [0, 0.05) is 24.7 Å². The number of aromatic nitrogens is 2. The van der Waals surface area contributed by atoms with Gasteiger partial charge in [-0.1, -0.05) is 10.3 Å². The summed E-state index contributed by atoms with van der Waals surface area (Å²) in [6, 6.07) is 1.83. The Morgan fingerprint density at radius 3 is 2.73 bits per heavy atom. The summed E-state index contributed by atoms with van der Waals surface area (Å²) in [4.78, 5) is 0. The van der Waals surface area contributed by atoms with Gasteiger partial charge in [-0.05, 0) is 13.8 Å². The van der Waals surface area contributed by atoms with Crippen molar-refractivity contribution in [1.29, 1.82) is 0 Å². The average molecular weight is 207 g/mol. The number of nitrogens with zero attached hydrogens (tertiary/aromatic N) is 2. The van der Waals surface area contributed by atoms with Crippen LogP contribution in [0.5, 0.6) is 0 Å². The summed E-state index contributed by atoms with van der Waals surface area (Å²) in [5.74, 6) is 0.861. The molecule has 0 aliphatic carbocycles. The third-order valence-electron chi connectivity index (χ3n) is 2.28. The van der Waals surface area contributed by atoms with E-state index in [1.807, 2.05) is 19.9 Å². The van der Waals surface area contributed by atoms with Gasteiger partial charge in [-0.2, -0.15) is 0 Å². The molecule has 2 heterocycles. The molecular formula is C10H13N3O2. The molecule has 2 rings (SSSR count). The van der Waals surface area contributed by atoms with E-state index in [1.54, 1.807) is 6.26 Å². The number of hydrogen-bond donors (Lipinski definition) is 1. The number of hydrogen-bond acceptors (Lipinski definition) is 5. The highest BCUT2D eigenvalue weighted by molar-refractivity contribution is 5.20. The SMILES string of the molecule is Cc1noc(C)c1CNCc1ccon1. The average Bonchev–Trinajstić information content (AvgIpc) is 2.82. The van der Waals surface area contributed by atoms with E-state index in [9.17, 15) is 0 Å². The van der Waals surface area contributed by atoms with Crippen LogP contribution in [0.1, 0.15) is 22.7 Å². The van der Waals surface area contributed by atoms with Crippen LogP contribution in [0.15, 0.2) is 21.4 Å². The van der Waals surface area contributed by atoms with Crippen LogP contribution in [0.3, 0.4) is 0 Å². The molecule has 0 saturated carbocycles. The summed E-state index contributed by atoms with van der Waals surface area (Å²) in [5.41, 5.74) is 2.93. The largest absolute Gasteiger partial charge is 0.364 e. The van der Waals surface area contributed by atoms with Crippen molar-refractivity contribution in [2.24, 2.45) is 0 Å². The van der Waals surface area contributed by atoms with Crippen LogP contribution in [-0.2, 0) is 13.1 Å². The van der Waals surface area contributed by atoms with Crippen molar-refractivity contribution in [2.45, 2.75) is 26.9 Å². The Morgan fingerprint density at radius 1 is 1.27 bits per heavy atom. The first-order valence-electron chi connectivity index (χ1n) is 4.79. The summed E-state index contributed by atoms with van der Waals surface area (Å²) in [6.45, 7) is 5.26. The molecule has 5 nitrogen and oxygen atoms in total. The van der Waals surface area contributed by atoms with Gasteiger partial charge in [0.2, 0.25) is 0 Å². The Morgan fingerprint density at radius 2 is 2.13 bits per heavy atom. The third kappa shape index (κ3) is 2.24. The topological polar surface area (TPSA) is 64.1 Å². The van der Waals surface area contributed by atoms with Crippen LogP contribution in [0.25, 0.3) is 0 Å². The van der Waals surface area contributed by atoms with E-state index in [2.05, 4.69) is 15.6 Å². The lowest BCUT2D eigenvalue weighted by molar-refractivity contribution is 0.391. The Labute approximate surface area is 87.4 Å². The normalized spacial score (nSPS) is 10.8. The Bertz CT molecular complexity index is 400. The van der Waals surface area contributed by atoms with Gasteiger partial charge in [0.15, 0.2) is 0 Å². The first-order chi connectivity index (χ1) is 7.27. The molecule has 2 aromatic rings. The summed E-state index contributed by atoms with van der Waals surface area (Å²) in [6.07, 6.45) is 1.56. The lowest BCUT2D eigenvalue weighted by atomic mass is 10.2. The van der Waals surface area contributed by atoms with Gasteiger partial charge in [0.25, 0.3) is 0 Å². The second-order valence-electron chi connectivity index (χ2n) is 3.40. The molecule has 0 fully saturated rings. The fourth-order valence-electron chi connectivity index (χ4n) is 1.40. The van der Waals surface area contributed by atoms with E-state index >= 15 is 0 Å². The quantitative estimate of drug-likeness (QED) is 0.824. The van der Waals surface area contributed by atoms with Crippen LogP contribution < -0.4 is 5.32 Å². The molecule has 0 unspecified atom stereocenters. The molecular weight excluding hydrogens is 194 g/mol. The van der Waals surface area contributed by atoms with E-state index in [0.29, 0.717) is 6.54 Å². The van der Waals surface area contributed by atoms with Crippen LogP contribution in [0, 0.1) is 13.8 Å². The van der Waals surface area contributed by atoms with Gasteiger partial charge in [0.1, 0.15) is 12.0 Å². The zero-order valence-corrected chi connectivity index (χ0v) is 8.78. The lowest BCUT2D eigenvalue weighted by Crippen LogP contribution is -2.13. The van der Waals surface area contributed by atoms with Gasteiger partial charge in [0.05, 0.1) is 11.4 Å². The molecule has 5 heteroatoms. The Kier molecular flexibility index (Phi) is 2.82. The van der Waals surface area contributed by atoms with E-state index in [0.717, 1.165) is 29.3 Å². The minimum Gasteiger partial charge on any atom is -0.364 e. The van der Waals surface area contributed by atoms with Crippen molar-refractivity contribution in [1.82, 2.24) is 15.6 Å². The van der Waals surface area contributed by atoms with Crippen molar-refractivity contribution in [3.8, 4) is 0 Å². The molecule has 0 bridgehead atoms. The highest BCUT2D eigenvalue weighted by atomic mass is 16.5. The number of nitrogens with one attached hydrogen (secondary N) is 1. The smallest absolute Gasteiger partial charge is 0.138 e. The molecule has 0 aromatic carbocycles. The summed E-state index contributed by atoms with van der Waals surface area (Å²) in [7, 11) is 0. The summed E-state index contributed by atoms with van der Waals surface area (Å²) >= 11 is 0. The molecule has 0 atom stereocenters. The van der Waals surface area contributed by atoms with Crippen molar-refractivity contribution < 1.29 is 9.05 Å². The zero-order valence-electron chi connectivity index (χ0n) is 8.78. The van der Waals surface area contributed by atoms with Gasteiger partial charge < -0.3 is 14.4 Å². The first kappa shape index (κ1) is 9.92. The summed E-state index contributed by atoms with van der Waals surface area (Å²) < 4.78 is 9.79. The minimum atomic E-state index is 0.681. The van der Waals surface area contributed by atoms with Crippen molar-refractivity contribution in [3.63, 3.8) is 0 Å². The second kappa shape index (κ2) is 4.27. The van der Waals surface area contributed by atoms with E-state index in [-0.39, 0.29) is 0 Å². The molecule has 2 aromatic heterocycles. The fourth-order valence-corrected chi connectivity index (χ4v) is 1.40. The Balaban J connectivity index is 1.89. The maximum Gasteiger partial charge on any atom is 0.138 e. The molecule has 0 aliphatic rings. The van der Waals surface area contributed by atoms with Crippen LogP contribution >= 0.6 is 0 Å². The number of rotatable bonds is 4. The highest BCUT2D eigenvalue weighted by Gasteiger charge is 2.07. The van der Waals surface area contributed by atoms with Gasteiger partial charge in [-0.15, -0.1) is 0 Å². The van der Waals surface area contributed by atoms with Crippen molar-refractivity contribution in [2.75, 3.05) is 0 Å². The minimum absolute atomic E-state index is 0.681. The molecule has 1 N–H and O–H groups in total. The van der Waals surface area contributed by atoms with Crippen molar-refractivity contribution >= 4 is 0 Å². The first-order valence-corrected chi connectivity index (χ1v) is 4.79. The molecule has 0 saturated heterocycles. The molecule has 15 heavy (non-hydrogen) atoms. The maximum absolute atomic E-state index is 5.06. The predicted octanol–water partition coefficient (Wildman–Crippen LogP) is 1.57. The van der Waals surface area contributed by atoms with E-state index < -0.39 is 0 Å². The van der Waals surface area contributed by atoms with Gasteiger partial charge in [-0.25, -0.2) is 0 Å². The number of aryl methyl sites for hydroxylation is 2. The fraction of sp³-hybridized carbons (Fsp3) is 0.400. The third-order valence-corrected chi connectivity index (χ3v) is 2.28. The van der Waals surface area contributed by atoms with Crippen LogP contribution in [-0.4, -0.2) is 10.3 Å². The van der Waals surface area contributed by atoms with Gasteiger partial charge in [-0.3, -0.25) is 0 Å². The molecule has 80 valence electrons. The molecule has 0 spiro atoms. The highest BCUT2D eigenvalue weighted by Crippen LogP contribution is 2.11.